The van der Waals surface area contributed by atoms with Crippen LogP contribution in [0.1, 0.15) is 16.8 Å². The van der Waals surface area contributed by atoms with Crippen molar-refractivity contribution >= 4 is 32.8 Å². The van der Waals surface area contributed by atoms with Crippen LogP contribution in [0.5, 0.6) is 0 Å². The molecule has 0 unspecified atom stereocenters. The Morgan fingerprint density at radius 3 is 2.05 bits per heavy atom. The molecule has 5 aromatic rings. The zero-order valence-corrected chi connectivity index (χ0v) is 21.5. The van der Waals surface area contributed by atoms with Crippen LogP contribution in [0.3, 0.4) is 0 Å². The zero-order valence-electron chi connectivity index (χ0n) is 20.7. The number of aryl methyl sites for hydroxylation is 2. The van der Waals surface area contributed by atoms with Gasteiger partial charge < -0.3 is 5.32 Å². The summed E-state index contributed by atoms with van der Waals surface area (Å²) in [6.07, 6.45) is 3.96. The van der Waals surface area contributed by atoms with Gasteiger partial charge in [0.2, 0.25) is 0 Å². The van der Waals surface area contributed by atoms with Gasteiger partial charge in [-0.1, -0.05) is 72.3 Å². The fraction of sp³-hybridized carbons (Fsp3) is 0.0645. The van der Waals surface area contributed by atoms with E-state index in [1.807, 2.05) is 55.6 Å². The molecule has 0 bridgehead atoms. The van der Waals surface area contributed by atoms with Crippen molar-refractivity contribution in [3.8, 4) is 11.1 Å². The van der Waals surface area contributed by atoms with Crippen LogP contribution in [0.2, 0.25) is 0 Å². The summed E-state index contributed by atoms with van der Waals surface area (Å²) in [7, 11) is -4.02. The first-order valence-electron chi connectivity index (χ1n) is 11.8. The molecule has 0 amide bonds. The monoisotopic (exact) mass is 508 g/mol. The molecule has 0 aliphatic heterocycles. The van der Waals surface area contributed by atoms with Crippen LogP contribution in [0.25, 0.3) is 28.1 Å². The topological polar surface area (TPSA) is 79.3 Å². The number of hydrogen-bond acceptors (Lipinski definition) is 4. The van der Waals surface area contributed by atoms with E-state index in [2.05, 4.69) is 60.8 Å². The van der Waals surface area contributed by atoms with Crippen molar-refractivity contribution in [2.75, 3.05) is 5.32 Å². The van der Waals surface area contributed by atoms with E-state index in [-0.39, 0.29) is 4.90 Å². The summed E-state index contributed by atoms with van der Waals surface area (Å²) in [4.78, 5) is 4.75. The van der Waals surface area contributed by atoms with Gasteiger partial charge in [-0.15, -0.1) is 0 Å². The molecule has 5 rings (SSSR count). The quantitative estimate of drug-likeness (QED) is 0.240. The second-order valence-electron chi connectivity index (χ2n) is 8.60. The lowest BCUT2D eigenvalue weighted by molar-refractivity contribution is 0.483. The number of aromatic nitrogens is 1. The predicted octanol–water partition coefficient (Wildman–Crippen LogP) is 7.53. The Balaban J connectivity index is 0.000000245. The molecule has 6 heteroatoms. The number of benzene rings is 4. The number of nitrogens with one attached hydrogen (secondary N) is 1. The fourth-order valence-electron chi connectivity index (χ4n) is 3.74. The molecule has 0 spiro atoms. The van der Waals surface area contributed by atoms with Crippen LogP contribution < -0.4 is 5.32 Å². The molecule has 2 N–H and O–H groups in total. The highest BCUT2D eigenvalue weighted by atomic mass is 32.2. The maximum Gasteiger partial charge on any atom is 0.294 e. The minimum absolute atomic E-state index is 0.0666. The third-order valence-corrected chi connectivity index (χ3v) is 6.60. The van der Waals surface area contributed by atoms with Crippen LogP contribution in [0.15, 0.2) is 120 Å². The second kappa shape index (κ2) is 11.6. The summed E-state index contributed by atoms with van der Waals surface area (Å²) in [5, 5.41) is 4.44. The van der Waals surface area contributed by atoms with E-state index >= 15 is 0 Å². The molecular formula is C31H28N2O3S. The molecule has 1 aromatic heterocycles. The summed E-state index contributed by atoms with van der Waals surface area (Å²) in [6, 6.07) is 35.2. The molecule has 0 atom stereocenters. The van der Waals surface area contributed by atoms with E-state index in [4.69, 9.17) is 9.54 Å². The predicted molar refractivity (Wildman–Crippen MR) is 152 cm³/mol. The highest BCUT2D eigenvalue weighted by Gasteiger charge is 2.07. The highest BCUT2D eigenvalue weighted by Crippen LogP contribution is 2.25. The molecule has 0 aliphatic rings. The van der Waals surface area contributed by atoms with Gasteiger partial charge in [-0.2, -0.15) is 8.42 Å². The van der Waals surface area contributed by atoms with Gasteiger partial charge in [0.05, 0.1) is 16.1 Å². The van der Waals surface area contributed by atoms with Gasteiger partial charge in [0.15, 0.2) is 0 Å². The molecule has 5 nitrogen and oxygen atoms in total. The third kappa shape index (κ3) is 7.13. The molecule has 37 heavy (non-hydrogen) atoms. The lowest BCUT2D eigenvalue weighted by atomic mass is 10.0. The number of pyridine rings is 1. The van der Waals surface area contributed by atoms with Gasteiger partial charge in [-0.25, -0.2) is 4.98 Å². The largest absolute Gasteiger partial charge is 0.362 e. The smallest absolute Gasteiger partial charge is 0.294 e. The van der Waals surface area contributed by atoms with Crippen molar-refractivity contribution < 1.29 is 13.0 Å². The Labute approximate surface area is 217 Å². The molecule has 0 radical (unpaired) electrons. The first-order chi connectivity index (χ1) is 17.8. The zero-order chi connectivity index (χ0) is 26.3. The lowest BCUT2D eigenvalue weighted by Crippen LogP contribution is -1.96. The Morgan fingerprint density at radius 1 is 0.757 bits per heavy atom. The molecule has 0 saturated carbocycles. The third-order valence-electron chi connectivity index (χ3n) is 5.74. The summed E-state index contributed by atoms with van der Waals surface area (Å²) in [5.74, 6) is 0. The van der Waals surface area contributed by atoms with Gasteiger partial charge >= 0.3 is 0 Å². The number of rotatable bonds is 5. The van der Waals surface area contributed by atoms with Crippen molar-refractivity contribution in [2.45, 2.75) is 18.7 Å². The van der Waals surface area contributed by atoms with Crippen molar-refractivity contribution in [1.82, 2.24) is 4.98 Å². The summed E-state index contributed by atoms with van der Waals surface area (Å²) in [6.45, 7) is 3.94. The molecule has 0 aliphatic carbocycles. The van der Waals surface area contributed by atoms with Gasteiger partial charge in [-0.05, 0) is 79.1 Å². The van der Waals surface area contributed by atoms with E-state index in [0.29, 0.717) is 0 Å². The van der Waals surface area contributed by atoms with Crippen LogP contribution in [-0.2, 0) is 10.1 Å². The Hall–Kier alpha value is -4.26. The standard InChI is InChI=1S/C24H20N2.C7H8O3S/c1-18-16-21-17-20(19-8-4-2-5-9-19)12-13-24(21)26-23(18)14-15-25-22-10-6-3-7-11-22;1-6-2-4-7(5-3-6)11(8,9)10/h2-17,25H,1H3;2-5H,1H3,(H,8,9,10). The first-order valence-corrected chi connectivity index (χ1v) is 13.2. The second-order valence-corrected chi connectivity index (χ2v) is 10.0. The number of anilines is 1. The van der Waals surface area contributed by atoms with Crippen LogP contribution in [0, 0.1) is 13.8 Å². The van der Waals surface area contributed by atoms with Crippen LogP contribution >= 0.6 is 0 Å². The van der Waals surface area contributed by atoms with Gasteiger partial charge in [0.1, 0.15) is 0 Å². The van der Waals surface area contributed by atoms with Crippen molar-refractivity contribution in [2.24, 2.45) is 0 Å². The van der Waals surface area contributed by atoms with Crippen molar-refractivity contribution in [1.29, 1.82) is 0 Å². The lowest BCUT2D eigenvalue weighted by Gasteiger charge is -2.07. The van der Waals surface area contributed by atoms with E-state index in [1.165, 1.54) is 23.3 Å². The number of para-hydroxylation sites is 1. The molecular weight excluding hydrogens is 480 g/mol. The molecule has 4 aromatic carbocycles. The molecule has 186 valence electrons. The van der Waals surface area contributed by atoms with Gasteiger partial charge in [0.25, 0.3) is 10.1 Å². The summed E-state index contributed by atoms with van der Waals surface area (Å²) >= 11 is 0. The Bertz CT molecular complexity index is 1610. The number of hydrogen-bond donors (Lipinski definition) is 2. The SMILES string of the molecule is Cc1cc2cc(-c3ccccc3)ccc2nc1C=CNc1ccccc1.Cc1ccc(S(=O)(=O)O)cc1. The number of fused-ring (bicyclic) bond motifs is 1. The van der Waals surface area contributed by atoms with E-state index in [0.717, 1.165) is 33.4 Å². The maximum atomic E-state index is 10.5. The molecule has 0 saturated heterocycles. The minimum Gasteiger partial charge on any atom is -0.362 e. The van der Waals surface area contributed by atoms with E-state index < -0.39 is 10.1 Å². The van der Waals surface area contributed by atoms with Gasteiger partial charge in [0, 0.05) is 17.3 Å². The van der Waals surface area contributed by atoms with E-state index in [9.17, 15) is 8.42 Å². The highest BCUT2D eigenvalue weighted by molar-refractivity contribution is 7.85. The van der Waals surface area contributed by atoms with Gasteiger partial charge in [-0.3, -0.25) is 4.55 Å². The summed E-state index contributed by atoms with van der Waals surface area (Å²) in [5.41, 5.74) is 7.61. The number of nitrogens with zero attached hydrogens (tertiary/aromatic N) is 1. The minimum atomic E-state index is -4.02. The maximum absolute atomic E-state index is 10.5. The van der Waals surface area contributed by atoms with Crippen LogP contribution in [-0.4, -0.2) is 18.0 Å². The first kappa shape index (κ1) is 25.8. The average molecular weight is 509 g/mol. The van der Waals surface area contributed by atoms with E-state index in [1.54, 1.807) is 12.1 Å². The normalized spacial score (nSPS) is 11.2. The van der Waals surface area contributed by atoms with Crippen molar-refractivity contribution in [3.63, 3.8) is 0 Å². The van der Waals surface area contributed by atoms with Crippen molar-refractivity contribution in [3.05, 3.63) is 132 Å². The fourth-order valence-corrected chi connectivity index (χ4v) is 4.22. The van der Waals surface area contributed by atoms with Crippen LogP contribution in [0.4, 0.5) is 5.69 Å². The summed E-state index contributed by atoms with van der Waals surface area (Å²) < 4.78 is 29.6. The Kier molecular flexibility index (Phi) is 8.13. The molecule has 1 heterocycles. The average Bonchev–Trinajstić information content (AvgIpc) is 2.90. The Morgan fingerprint density at radius 2 is 1.41 bits per heavy atom. The molecule has 0 fully saturated rings.